The van der Waals surface area contributed by atoms with E-state index in [2.05, 4.69) is 20.1 Å². The van der Waals surface area contributed by atoms with Crippen molar-refractivity contribution in [3.05, 3.63) is 76.6 Å². The van der Waals surface area contributed by atoms with Gasteiger partial charge in [0.15, 0.2) is 5.16 Å². The summed E-state index contributed by atoms with van der Waals surface area (Å²) in [5.41, 5.74) is 2.87. The van der Waals surface area contributed by atoms with Crippen molar-refractivity contribution in [2.75, 3.05) is 27.2 Å². The molecule has 3 aromatic rings. The Morgan fingerprint density at radius 3 is 2.34 bits per heavy atom. The van der Waals surface area contributed by atoms with Crippen LogP contribution in [0.5, 0.6) is 0 Å². The molecule has 1 amide bonds. The molecular weight excluding hydrogens is 406 g/mol. The number of nitrogens with zero attached hydrogens (tertiary/aromatic N) is 4. The molecule has 1 N–H and O–H groups in total. The minimum absolute atomic E-state index is 0.0243. The number of aromatic amines is 1. The Bertz CT molecular complexity index is 898. The molecule has 0 aliphatic rings. The number of hydrogen-bond acceptors (Lipinski definition) is 5. The van der Waals surface area contributed by atoms with Crippen molar-refractivity contribution in [1.82, 2.24) is 25.0 Å². The highest BCUT2D eigenvalue weighted by Crippen LogP contribution is 2.19. The molecule has 3 rings (SSSR count). The van der Waals surface area contributed by atoms with Gasteiger partial charge in [0.05, 0.1) is 0 Å². The number of H-pyrrole nitrogens is 1. The van der Waals surface area contributed by atoms with Crippen molar-refractivity contribution in [2.24, 2.45) is 0 Å². The summed E-state index contributed by atoms with van der Waals surface area (Å²) in [5.74, 6) is 0.787. The quantitative estimate of drug-likeness (QED) is 0.521. The van der Waals surface area contributed by atoms with Crippen molar-refractivity contribution in [3.8, 4) is 0 Å². The van der Waals surface area contributed by atoms with Crippen LogP contribution in [-0.2, 0) is 12.3 Å². The molecule has 0 radical (unpaired) electrons. The summed E-state index contributed by atoms with van der Waals surface area (Å²) in [6, 6.07) is 15.4. The van der Waals surface area contributed by atoms with Gasteiger partial charge in [0, 0.05) is 36.0 Å². The number of nitrogens with one attached hydrogen (secondary N) is 1. The molecule has 29 heavy (non-hydrogen) atoms. The first-order valence-corrected chi connectivity index (χ1v) is 10.6. The first kappa shape index (κ1) is 21.4. The predicted octanol–water partition coefficient (Wildman–Crippen LogP) is 3.95. The Morgan fingerprint density at radius 2 is 1.72 bits per heavy atom. The van der Waals surface area contributed by atoms with Gasteiger partial charge >= 0.3 is 0 Å². The normalized spacial score (nSPS) is 11.0. The fraction of sp³-hybridized carbons (Fsp3) is 0.286. The second-order valence-corrected chi connectivity index (χ2v) is 8.33. The third-order valence-electron chi connectivity index (χ3n) is 4.36. The minimum atomic E-state index is 0.0243. The van der Waals surface area contributed by atoms with E-state index in [0.29, 0.717) is 23.7 Å². The number of rotatable bonds is 9. The van der Waals surface area contributed by atoms with E-state index in [1.165, 1.54) is 6.33 Å². The molecular formula is C21H24ClN5OS. The average molecular weight is 430 g/mol. The third-order valence-corrected chi connectivity index (χ3v) is 5.56. The Hall–Kier alpha value is -2.35. The number of likely N-dealkylation sites (N-methyl/N-ethyl adjacent to an activating group) is 1. The van der Waals surface area contributed by atoms with Gasteiger partial charge in [-0.25, -0.2) is 4.98 Å². The first-order valence-electron chi connectivity index (χ1n) is 9.27. The molecule has 152 valence electrons. The zero-order valence-electron chi connectivity index (χ0n) is 16.5. The van der Waals surface area contributed by atoms with Gasteiger partial charge in [-0.3, -0.25) is 9.89 Å². The number of thioether (sulfide) groups is 1. The molecule has 1 heterocycles. The lowest BCUT2D eigenvalue weighted by Gasteiger charge is -2.25. The van der Waals surface area contributed by atoms with Crippen LogP contribution in [0.1, 0.15) is 21.5 Å². The first-order chi connectivity index (χ1) is 14.0. The van der Waals surface area contributed by atoms with Gasteiger partial charge in [-0.15, -0.1) is 0 Å². The number of carbonyl (C=O) groups excluding carboxylic acids is 1. The second kappa shape index (κ2) is 10.4. The van der Waals surface area contributed by atoms with Crippen LogP contribution in [0.25, 0.3) is 0 Å². The molecule has 0 unspecified atom stereocenters. The van der Waals surface area contributed by atoms with E-state index in [1.54, 1.807) is 11.8 Å². The van der Waals surface area contributed by atoms with Gasteiger partial charge < -0.3 is 9.80 Å². The molecule has 0 fully saturated rings. The van der Waals surface area contributed by atoms with Crippen LogP contribution in [0.2, 0.25) is 5.02 Å². The van der Waals surface area contributed by atoms with Gasteiger partial charge in [0.2, 0.25) is 0 Å². The number of aromatic nitrogens is 3. The van der Waals surface area contributed by atoms with Crippen molar-refractivity contribution in [3.63, 3.8) is 0 Å². The lowest BCUT2D eigenvalue weighted by atomic mass is 10.1. The molecule has 0 aliphatic carbocycles. The lowest BCUT2D eigenvalue weighted by Crippen LogP contribution is -2.36. The molecule has 8 heteroatoms. The predicted molar refractivity (Wildman–Crippen MR) is 117 cm³/mol. The molecule has 0 aliphatic heterocycles. The van der Waals surface area contributed by atoms with Crippen LogP contribution in [-0.4, -0.2) is 58.1 Å². The van der Waals surface area contributed by atoms with E-state index in [0.717, 1.165) is 28.6 Å². The van der Waals surface area contributed by atoms with Crippen LogP contribution in [0.4, 0.5) is 0 Å². The summed E-state index contributed by atoms with van der Waals surface area (Å²) in [6.45, 7) is 2.00. The maximum absolute atomic E-state index is 13.1. The SMILES string of the molecule is CN(C)CCN(Cc1ccc(Cl)cc1)C(=O)c1ccc(CSc2ncn[nH]2)cc1. The number of benzene rings is 2. The highest BCUT2D eigenvalue weighted by atomic mass is 35.5. The van der Waals surface area contributed by atoms with Crippen LogP contribution < -0.4 is 0 Å². The number of amides is 1. The Balaban J connectivity index is 1.67. The lowest BCUT2D eigenvalue weighted by molar-refractivity contribution is 0.0732. The molecule has 1 aromatic heterocycles. The van der Waals surface area contributed by atoms with Gasteiger partial charge in [0.1, 0.15) is 6.33 Å². The van der Waals surface area contributed by atoms with Crippen LogP contribution in [0, 0.1) is 0 Å². The average Bonchev–Trinajstić information content (AvgIpc) is 3.24. The van der Waals surface area contributed by atoms with E-state index < -0.39 is 0 Å². The Labute approximate surface area is 180 Å². The van der Waals surface area contributed by atoms with E-state index in [4.69, 9.17) is 11.6 Å². The molecule has 0 spiro atoms. The minimum Gasteiger partial charge on any atom is -0.333 e. The summed E-state index contributed by atoms with van der Waals surface area (Å²) in [7, 11) is 4.01. The maximum Gasteiger partial charge on any atom is 0.254 e. The fourth-order valence-corrected chi connectivity index (χ4v) is 3.59. The number of hydrogen-bond donors (Lipinski definition) is 1. The fourth-order valence-electron chi connectivity index (χ4n) is 2.72. The maximum atomic E-state index is 13.1. The van der Waals surface area contributed by atoms with Gasteiger partial charge in [-0.05, 0) is 49.5 Å². The number of halogens is 1. The molecule has 6 nitrogen and oxygen atoms in total. The standard InChI is InChI=1S/C21H24ClN5OS/c1-26(2)11-12-27(13-16-5-9-19(22)10-6-16)20(28)18-7-3-17(4-8-18)14-29-21-23-15-24-25-21/h3-10,15H,11-14H2,1-2H3,(H,23,24,25). The van der Waals surface area contributed by atoms with Crippen LogP contribution in [0.15, 0.2) is 60.0 Å². The molecule has 0 saturated carbocycles. The van der Waals surface area contributed by atoms with Crippen LogP contribution in [0.3, 0.4) is 0 Å². The highest BCUT2D eigenvalue weighted by molar-refractivity contribution is 7.98. The van der Waals surface area contributed by atoms with E-state index in [-0.39, 0.29) is 5.91 Å². The Kier molecular flexibility index (Phi) is 7.69. The van der Waals surface area contributed by atoms with E-state index in [1.807, 2.05) is 67.5 Å². The largest absolute Gasteiger partial charge is 0.333 e. The van der Waals surface area contributed by atoms with Gasteiger partial charge in [0.25, 0.3) is 5.91 Å². The zero-order chi connectivity index (χ0) is 20.6. The molecule has 0 saturated heterocycles. The molecule has 0 atom stereocenters. The van der Waals surface area contributed by atoms with Gasteiger partial charge in [-0.2, -0.15) is 5.10 Å². The topological polar surface area (TPSA) is 65.1 Å². The summed E-state index contributed by atoms with van der Waals surface area (Å²) in [5, 5.41) is 8.15. The summed E-state index contributed by atoms with van der Waals surface area (Å²) < 4.78 is 0. The smallest absolute Gasteiger partial charge is 0.254 e. The van der Waals surface area contributed by atoms with E-state index in [9.17, 15) is 4.79 Å². The summed E-state index contributed by atoms with van der Waals surface area (Å²) in [6.07, 6.45) is 1.49. The summed E-state index contributed by atoms with van der Waals surface area (Å²) >= 11 is 7.56. The number of carbonyl (C=O) groups is 1. The second-order valence-electron chi connectivity index (χ2n) is 6.93. The van der Waals surface area contributed by atoms with Crippen molar-refractivity contribution >= 4 is 29.3 Å². The van der Waals surface area contributed by atoms with Crippen molar-refractivity contribution in [1.29, 1.82) is 0 Å². The highest BCUT2D eigenvalue weighted by Gasteiger charge is 2.16. The third kappa shape index (κ3) is 6.59. The van der Waals surface area contributed by atoms with Crippen LogP contribution >= 0.6 is 23.4 Å². The molecule has 0 bridgehead atoms. The van der Waals surface area contributed by atoms with Crippen molar-refractivity contribution < 1.29 is 4.79 Å². The zero-order valence-corrected chi connectivity index (χ0v) is 18.1. The Morgan fingerprint density at radius 1 is 1.03 bits per heavy atom. The summed E-state index contributed by atoms with van der Waals surface area (Å²) in [4.78, 5) is 21.2. The van der Waals surface area contributed by atoms with Gasteiger partial charge in [-0.1, -0.05) is 47.6 Å². The molecule has 2 aromatic carbocycles. The van der Waals surface area contributed by atoms with E-state index >= 15 is 0 Å². The monoisotopic (exact) mass is 429 g/mol. The van der Waals surface area contributed by atoms with Crippen molar-refractivity contribution in [2.45, 2.75) is 17.5 Å².